The SMILES string of the molecule is CCCCCCCCCCCCCCCCCCCc1cc(C=O)ccc1-c1ccccc1. The average Bonchev–Trinajstić information content (AvgIpc) is 2.86. The molecule has 0 saturated heterocycles. The van der Waals surface area contributed by atoms with Crippen LogP contribution in [0.4, 0.5) is 0 Å². The first-order chi connectivity index (χ1) is 16.3. The molecule has 0 aliphatic carbocycles. The summed E-state index contributed by atoms with van der Waals surface area (Å²) in [6.45, 7) is 2.29. The van der Waals surface area contributed by atoms with Gasteiger partial charge in [-0.2, -0.15) is 0 Å². The van der Waals surface area contributed by atoms with Crippen molar-refractivity contribution in [1.82, 2.24) is 0 Å². The van der Waals surface area contributed by atoms with Gasteiger partial charge in [-0.05, 0) is 35.6 Å². The normalized spacial score (nSPS) is 11.1. The van der Waals surface area contributed by atoms with Gasteiger partial charge < -0.3 is 0 Å². The summed E-state index contributed by atoms with van der Waals surface area (Å²) in [6, 6.07) is 16.7. The van der Waals surface area contributed by atoms with E-state index in [0.29, 0.717) is 0 Å². The lowest BCUT2D eigenvalue weighted by Crippen LogP contribution is -1.94. The van der Waals surface area contributed by atoms with Crippen molar-refractivity contribution in [2.45, 2.75) is 122 Å². The summed E-state index contributed by atoms with van der Waals surface area (Å²) in [7, 11) is 0. The molecule has 0 saturated carbocycles. The van der Waals surface area contributed by atoms with E-state index in [2.05, 4.69) is 49.4 Å². The molecule has 0 aliphatic heterocycles. The van der Waals surface area contributed by atoms with Crippen molar-refractivity contribution in [1.29, 1.82) is 0 Å². The molecule has 1 heteroatoms. The first-order valence-corrected chi connectivity index (χ1v) is 14.0. The highest BCUT2D eigenvalue weighted by molar-refractivity contribution is 5.78. The fourth-order valence-electron chi connectivity index (χ4n) is 4.83. The third-order valence-corrected chi connectivity index (χ3v) is 6.90. The molecule has 0 aliphatic rings. The Hall–Kier alpha value is -1.89. The van der Waals surface area contributed by atoms with Gasteiger partial charge in [0.2, 0.25) is 0 Å². The number of carbonyl (C=O) groups excluding carboxylic acids is 1. The van der Waals surface area contributed by atoms with Crippen LogP contribution in [0.3, 0.4) is 0 Å². The molecule has 1 nitrogen and oxygen atoms in total. The zero-order chi connectivity index (χ0) is 23.4. The molecule has 182 valence electrons. The van der Waals surface area contributed by atoms with Gasteiger partial charge in [-0.3, -0.25) is 4.79 Å². The molecule has 33 heavy (non-hydrogen) atoms. The first kappa shape index (κ1) is 27.4. The van der Waals surface area contributed by atoms with E-state index < -0.39 is 0 Å². The van der Waals surface area contributed by atoms with Crippen LogP contribution >= 0.6 is 0 Å². The summed E-state index contributed by atoms with van der Waals surface area (Å²) < 4.78 is 0. The molecule has 2 aromatic carbocycles. The van der Waals surface area contributed by atoms with Crippen LogP contribution in [-0.2, 0) is 6.42 Å². The van der Waals surface area contributed by atoms with E-state index in [-0.39, 0.29) is 0 Å². The Morgan fingerprint density at radius 2 is 1.06 bits per heavy atom. The molecule has 0 bridgehead atoms. The van der Waals surface area contributed by atoms with Crippen LogP contribution in [0, 0.1) is 0 Å². The summed E-state index contributed by atoms with van der Waals surface area (Å²) in [5.74, 6) is 0. The summed E-state index contributed by atoms with van der Waals surface area (Å²) in [5, 5.41) is 0. The Morgan fingerprint density at radius 3 is 1.55 bits per heavy atom. The van der Waals surface area contributed by atoms with Crippen LogP contribution in [0.15, 0.2) is 48.5 Å². The number of aryl methyl sites for hydroxylation is 1. The Labute approximate surface area is 204 Å². The van der Waals surface area contributed by atoms with Gasteiger partial charge in [-0.1, -0.05) is 152 Å². The van der Waals surface area contributed by atoms with Crippen LogP contribution in [0.5, 0.6) is 0 Å². The fourth-order valence-corrected chi connectivity index (χ4v) is 4.83. The summed E-state index contributed by atoms with van der Waals surface area (Å²) >= 11 is 0. The third-order valence-electron chi connectivity index (χ3n) is 6.90. The van der Waals surface area contributed by atoms with Gasteiger partial charge in [0.1, 0.15) is 6.29 Å². The van der Waals surface area contributed by atoms with Gasteiger partial charge in [0, 0.05) is 5.56 Å². The van der Waals surface area contributed by atoms with E-state index in [1.54, 1.807) is 0 Å². The average molecular weight is 449 g/mol. The molecule has 0 atom stereocenters. The number of unbranched alkanes of at least 4 members (excludes halogenated alkanes) is 16. The molecule has 0 heterocycles. The lowest BCUT2D eigenvalue weighted by atomic mass is 9.94. The first-order valence-electron chi connectivity index (χ1n) is 14.0. The Morgan fingerprint density at radius 1 is 0.576 bits per heavy atom. The zero-order valence-electron chi connectivity index (χ0n) is 21.3. The van der Waals surface area contributed by atoms with Crippen molar-refractivity contribution < 1.29 is 4.79 Å². The number of aldehydes is 1. The number of benzene rings is 2. The van der Waals surface area contributed by atoms with E-state index in [4.69, 9.17) is 0 Å². The van der Waals surface area contributed by atoms with Crippen LogP contribution in [0.2, 0.25) is 0 Å². The van der Waals surface area contributed by atoms with E-state index in [9.17, 15) is 4.79 Å². The third kappa shape index (κ3) is 12.2. The summed E-state index contributed by atoms with van der Waals surface area (Å²) in [6.07, 6.45) is 25.8. The van der Waals surface area contributed by atoms with Gasteiger partial charge in [0.25, 0.3) is 0 Å². The standard InChI is InChI=1S/C32H48O/c1-2-3-4-5-6-7-8-9-10-11-12-13-14-15-16-17-19-24-31-27-29(28-33)25-26-32(31)30-22-20-18-21-23-30/h18,20-23,25-28H,2-17,19,24H2,1H3. The molecule has 0 radical (unpaired) electrons. The minimum Gasteiger partial charge on any atom is -0.298 e. The molecule has 0 aromatic heterocycles. The maximum Gasteiger partial charge on any atom is 0.150 e. The van der Waals surface area contributed by atoms with Crippen molar-refractivity contribution >= 4 is 6.29 Å². The molecular formula is C32H48O. The van der Waals surface area contributed by atoms with E-state index >= 15 is 0 Å². The molecule has 0 spiro atoms. The second-order valence-corrected chi connectivity index (χ2v) is 9.81. The summed E-state index contributed by atoms with van der Waals surface area (Å²) in [4.78, 5) is 11.2. The van der Waals surface area contributed by atoms with Gasteiger partial charge in [0.05, 0.1) is 0 Å². The second kappa shape index (κ2) is 18.5. The quantitative estimate of drug-likeness (QED) is 0.145. The monoisotopic (exact) mass is 448 g/mol. The number of hydrogen-bond donors (Lipinski definition) is 0. The lowest BCUT2D eigenvalue weighted by molar-refractivity contribution is 0.112. The number of hydrogen-bond acceptors (Lipinski definition) is 1. The predicted octanol–water partition coefficient (Wildman–Crippen LogP) is 10.4. The molecular weight excluding hydrogens is 400 g/mol. The van der Waals surface area contributed by atoms with E-state index in [1.165, 1.54) is 126 Å². The highest BCUT2D eigenvalue weighted by Crippen LogP contribution is 2.26. The minimum absolute atomic E-state index is 0.789. The van der Waals surface area contributed by atoms with Gasteiger partial charge >= 0.3 is 0 Å². The van der Waals surface area contributed by atoms with Crippen LogP contribution in [-0.4, -0.2) is 6.29 Å². The smallest absolute Gasteiger partial charge is 0.150 e. The Kier molecular flexibility index (Phi) is 15.4. The van der Waals surface area contributed by atoms with Crippen molar-refractivity contribution in [2.75, 3.05) is 0 Å². The van der Waals surface area contributed by atoms with Gasteiger partial charge in [-0.25, -0.2) is 0 Å². The minimum atomic E-state index is 0.789. The Balaban J connectivity index is 1.48. The van der Waals surface area contributed by atoms with Crippen LogP contribution < -0.4 is 0 Å². The zero-order valence-corrected chi connectivity index (χ0v) is 21.3. The maximum absolute atomic E-state index is 11.2. The molecule has 2 rings (SSSR count). The molecule has 0 fully saturated rings. The highest BCUT2D eigenvalue weighted by Gasteiger charge is 2.06. The van der Waals surface area contributed by atoms with Crippen LogP contribution in [0.1, 0.15) is 132 Å². The highest BCUT2D eigenvalue weighted by atomic mass is 16.1. The summed E-state index contributed by atoms with van der Waals surface area (Å²) in [5.41, 5.74) is 4.62. The molecule has 0 N–H and O–H groups in total. The molecule has 0 amide bonds. The van der Waals surface area contributed by atoms with Crippen molar-refractivity contribution in [3.8, 4) is 11.1 Å². The van der Waals surface area contributed by atoms with Crippen molar-refractivity contribution in [3.63, 3.8) is 0 Å². The number of rotatable bonds is 20. The largest absolute Gasteiger partial charge is 0.298 e. The van der Waals surface area contributed by atoms with Gasteiger partial charge in [0.15, 0.2) is 0 Å². The van der Waals surface area contributed by atoms with Crippen molar-refractivity contribution in [3.05, 3.63) is 59.7 Å². The number of carbonyl (C=O) groups is 1. The second-order valence-electron chi connectivity index (χ2n) is 9.81. The predicted molar refractivity (Wildman–Crippen MR) is 145 cm³/mol. The van der Waals surface area contributed by atoms with Crippen LogP contribution in [0.25, 0.3) is 11.1 Å². The Bertz CT molecular complexity index is 733. The van der Waals surface area contributed by atoms with E-state index in [0.717, 1.165) is 18.3 Å². The molecule has 2 aromatic rings. The lowest BCUT2D eigenvalue weighted by Gasteiger charge is -2.11. The van der Waals surface area contributed by atoms with Gasteiger partial charge in [-0.15, -0.1) is 0 Å². The van der Waals surface area contributed by atoms with E-state index in [1.807, 2.05) is 6.07 Å². The maximum atomic E-state index is 11.2. The topological polar surface area (TPSA) is 17.1 Å². The fraction of sp³-hybridized carbons (Fsp3) is 0.594. The molecule has 0 unspecified atom stereocenters. The van der Waals surface area contributed by atoms with Crippen molar-refractivity contribution in [2.24, 2.45) is 0 Å².